The van der Waals surface area contributed by atoms with Crippen molar-refractivity contribution >= 4 is 11.6 Å². The molecule has 2 aromatic heterocycles. The average molecular weight is 303 g/mol. The Morgan fingerprint density at radius 3 is 3.05 bits per heavy atom. The number of hydrogen-bond acceptors (Lipinski definition) is 5. The van der Waals surface area contributed by atoms with Crippen LogP contribution in [0, 0.1) is 5.41 Å². The molecule has 0 unspecified atom stereocenters. The van der Waals surface area contributed by atoms with Gasteiger partial charge in [-0.15, -0.1) is 10.2 Å². The molecule has 1 aliphatic heterocycles. The fourth-order valence-corrected chi connectivity index (χ4v) is 2.97. The Kier molecular flexibility index (Phi) is 4.35. The number of carbonyl (C=O) groups excluding carboxylic acids is 1. The van der Waals surface area contributed by atoms with E-state index in [4.69, 9.17) is 4.74 Å². The maximum atomic E-state index is 12.4. The van der Waals surface area contributed by atoms with Gasteiger partial charge in [0, 0.05) is 25.3 Å². The number of aromatic nitrogens is 3. The third-order valence-corrected chi connectivity index (χ3v) is 4.29. The topological polar surface area (TPSA) is 80.5 Å². The zero-order valence-corrected chi connectivity index (χ0v) is 12.7. The number of pyridine rings is 1. The molecule has 0 aliphatic carbocycles. The van der Waals surface area contributed by atoms with Gasteiger partial charge in [0.1, 0.15) is 6.33 Å². The fourth-order valence-electron chi connectivity index (χ4n) is 2.97. The second-order valence-electron chi connectivity index (χ2n) is 5.88. The maximum Gasteiger partial charge on any atom is 0.252 e. The summed E-state index contributed by atoms with van der Waals surface area (Å²) in [6.45, 7) is 3.22. The van der Waals surface area contributed by atoms with Gasteiger partial charge < -0.3 is 15.4 Å². The SMILES string of the molecule is COCC1(CNC(=O)c2ccc3nncn3c2)CCNCC1. The molecule has 7 heteroatoms. The van der Waals surface area contributed by atoms with E-state index in [1.54, 1.807) is 36.2 Å². The number of nitrogens with zero attached hydrogens (tertiary/aromatic N) is 3. The minimum Gasteiger partial charge on any atom is -0.384 e. The van der Waals surface area contributed by atoms with Crippen LogP contribution in [-0.2, 0) is 4.74 Å². The number of nitrogens with one attached hydrogen (secondary N) is 2. The lowest BCUT2D eigenvalue weighted by Gasteiger charge is -2.37. The van der Waals surface area contributed by atoms with Crippen LogP contribution in [0.25, 0.3) is 5.65 Å². The number of carbonyl (C=O) groups is 1. The molecule has 7 nitrogen and oxygen atoms in total. The second kappa shape index (κ2) is 6.41. The quantitative estimate of drug-likeness (QED) is 0.839. The second-order valence-corrected chi connectivity index (χ2v) is 5.88. The number of fused-ring (bicyclic) bond motifs is 1. The van der Waals surface area contributed by atoms with Crippen molar-refractivity contribution in [3.8, 4) is 0 Å². The van der Waals surface area contributed by atoms with Crippen LogP contribution in [0.3, 0.4) is 0 Å². The Labute approximate surface area is 129 Å². The predicted octanol–water partition coefficient (Wildman–Crippen LogP) is 0.475. The van der Waals surface area contributed by atoms with Crippen LogP contribution >= 0.6 is 0 Å². The summed E-state index contributed by atoms with van der Waals surface area (Å²) in [5.74, 6) is -0.0791. The number of ether oxygens (including phenoxy) is 1. The van der Waals surface area contributed by atoms with Gasteiger partial charge in [0.2, 0.25) is 0 Å². The molecule has 0 bridgehead atoms. The molecule has 2 N–H and O–H groups in total. The highest BCUT2D eigenvalue weighted by atomic mass is 16.5. The third kappa shape index (κ3) is 3.10. The van der Waals surface area contributed by atoms with Gasteiger partial charge >= 0.3 is 0 Å². The fraction of sp³-hybridized carbons (Fsp3) is 0.533. The minimum absolute atomic E-state index is 0.0241. The van der Waals surface area contributed by atoms with Crippen LogP contribution in [0.1, 0.15) is 23.2 Å². The first kappa shape index (κ1) is 14.9. The highest BCUT2D eigenvalue weighted by Crippen LogP contribution is 2.28. The van der Waals surface area contributed by atoms with E-state index < -0.39 is 0 Å². The van der Waals surface area contributed by atoms with Gasteiger partial charge in [-0.1, -0.05) is 0 Å². The van der Waals surface area contributed by atoms with Crippen molar-refractivity contribution in [3.05, 3.63) is 30.2 Å². The Hall–Kier alpha value is -1.99. The summed E-state index contributed by atoms with van der Waals surface area (Å²) in [4.78, 5) is 12.4. The van der Waals surface area contributed by atoms with Gasteiger partial charge in [0.05, 0.1) is 12.2 Å². The zero-order valence-electron chi connectivity index (χ0n) is 12.7. The number of amides is 1. The molecule has 0 saturated carbocycles. The van der Waals surface area contributed by atoms with Crippen molar-refractivity contribution in [2.75, 3.05) is 33.4 Å². The Morgan fingerprint density at radius 1 is 1.45 bits per heavy atom. The maximum absolute atomic E-state index is 12.4. The summed E-state index contributed by atoms with van der Waals surface area (Å²) in [5.41, 5.74) is 1.36. The van der Waals surface area contributed by atoms with Crippen LogP contribution in [-0.4, -0.2) is 53.9 Å². The number of piperidine rings is 1. The molecule has 0 spiro atoms. The molecule has 2 aromatic rings. The van der Waals surface area contributed by atoms with E-state index in [1.165, 1.54) is 0 Å². The van der Waals surface area contributed by atoms with Crippen LogP contribution in [0.2, 0.25) is 0 Å². The number of methoxy groups -OCH3 is 1. The van der Waals surface area contributed by atoms with Crippen molar-refractivity contribution in [2.24, 2.45) is 5.41 Å². The Bertz CT molecular complexity index is 643. The van der Waals surface area contributed by atoms with Crippen molar-refractivity contribution in [3.63, 3.8) is 0 Å². The molecular weight excluding hydrogens is 282 g/mol. The lowest BCUT2D eigenvalue weighted by Crippen LogP contribution is -2.47. The molecule has 1 fully saturated rings. The van der Waals surface area contributed by atoms with Crippen molar-refractivity contribution in [1.29, 1.82) is 0 Å². The molecule has 0 atom stereocenters. The molecule has 0 radical (unpaired) electrons. The van der Waals surface area contributed by atoms with E-state index >= 15 is 0 Å². The first-order valence-corrected chi connectivity index (χ1v) is 7.50. The van der Waals surface area contributed by atoms with Crippen molar-refractivity contribution < 1.29 is 9.53 Å². The van der Waals surface area contributed by atoms with E-state index in [0.29, 0.717) is 18.7 Å². The predicted molar refractivity (Wildman–Crippen MR) is 81.7 cm³/mol. The minimum atomic E-state index is -0.0791. The highest BCUT2D eigenvalue weighted by molar-refractivity contribution is 5.94. The van der Waals surface area contributed by atoms with E-state index in [2.05, 4.69) is 20.8 Å². The van der Waals surface area contributed by atoms with Crippen LogP contribution in [0.4, 0.5) is 0 Å². The van der Waals surface area contributed by atoms with Gasteiger partial charge in [0.25, 0.3) is 5.91 Å². The summed E-state index contributed by atoms with van der Waals surface area (Å²) in [6.07, 6.45) is 5.35. The zero-order chi connectivity index (χ0) is 15.4. The average Bonchev–Trinajstić information content (AvgIpc) is 3.01. The smallest absolute Gasteiger partial charge is 0.252 e. The van der Waals surface area contributed by atoms with Gasteiger partial charge in [0.15, 0.2) is 5.65 Å². The summed E-state index contributed by atoms with van der Waals surface area (Å²) < 4.78 is 7.11. The van der Waals surface area contributed by atoms with Crippen LogP contribution < -0.4 is 10.6 Å². The molecule has 1 amide bonds. The van der Waals surface area contributed by atoms with E-state index in [9.17, 15) is 4.79 Å². The van der Waals surface area contributed by atoms with E-state index in [1.807, 2.05) is 0 Å². The van der Waals surface area contributed by atoms with Gasteiger partial charge in [-0.25, -0.2) is 0 Å². The summed E-state index contributed by atoms with van der Waals surface area (Å²) in [6, 6.07) is 3.56. The molecule has 22 heavy (non-hydrogen) atoms. The Balaban J connectivity index is 1.67. The highest BCUT2D eigenvalue weighted by Gasteiger charge is 2.32. The van der Waals surface area contributed by atoms with Gasteiger partial charge in [-0.3, -0.25) is 9.20 Å². The van der Waals surface area contributed by atoms with Gasteiger partial charge in [-0.2, -0.15) is 0 Å². The molecule has 3 heterocycles. The van der Waals surface area contributed by atoms with E-state index in [-0.39, 0.29) is 11.3 Å². The molecule has 118 valence electrons. The Morgan fingerprint density at radius 2 is 2.27 bits per heavy atom. The summed E-state index contributed by atoms with van der Waals surface area (Å²) >= 11 is 0. The molecule has 3 rings (SSSR count). The van der Waals surface area contributed by atoms with Gasteiger partial charge in [-0.05, 0) is 38.1 Å². The lowest BCUT2D eigenvalue weighted by atomic mass is 9.79. The van der Waals surface area contributed by atoms with Crippen molar-refractivity contribution in [2.45, 2.75) is 12.8 Å². The number of hydrogen-bond donors (Lipinski definition) is 2. The first-order chi connectivity index (χ1) is 10.7. The third-order valence-electron chi connectivity index (χ3n) is 4.29. The summed E-state index contributed by atoms with van der Waals surface area (Å²) in [5, 5.41) is 14.1. The van der Waals surface area contributed by atoms with E-state index in [0.717, 1.165) is 31.6 Å². The lowest BCUT2D eigenvalue weighted by molar-refractivity contribution is 0.0511. The first-order valence-electron chi connectivity index (χ1n) is 7.50. The molecule has 1 saturated heterocycles. The molecule has 1 aliphatic rings. The van der Waals surface area contributed by atoms with Crippen LogP contribution in [0.15, 0.2) is 24.7 Å². The molecular formula is C15H21N5O2. The monoisotopic (exact) mass is 303 g/mol. The molecule has 0 aromatic carbocycles. The standard InChI is InChI=1S/C15H21N5O2/c1-22-10-15(4-6-16-7-5-15)9-17-14(21)12-2-3-13-19-18-11-20(13)8-12/h2-3,8,11,16H,4-7,9-10H2,1H3,(H,17,21). The number of rotatable bonds is 5. The largest absolute Gasteiger partial charge is 0.384 e. The van der Waals surface area contributed by atoms with Crippen molar-refractivity contribution in [1.82, 2.24) is 25.2 Å². The summed E-state index contributed by atoms with van der Waals surface area (Å²) in [7, 11) is 1.71. The normalized spacial score (nSPS) is 17.5. The van der Waals surface area contributed by atoms with Crippen LogP contribution in [0.5, 0.6) is 0 Å².